The molecule has 2 atom stereocenters. The first-order valence-electron chi connectivity index (χ1n) is 11.6. The zero-order chi connectivity index (χ0) is 24.4. The summed E-state index contributed by atoms with van der Waals surface area (Å²) in [5.41, 5.74) is 4.33. The van der Waals surface area contributed by atoms with Crippen LogP contribution in [0.1, 0.15) is 56.6 Å². The van der Waals surface area contributed by atoms with Crippen molar-refractivity contribution in [3.8, 4) is 11.5 Å². The van der Waals surface area contributed by atoms with Crippen LogP contribution in [0.15, 0.2) is 71.1 Å². The molecule has 0 unspecified atom stereocenters. The van der Waals surface area contributed by atoms with Crippen LogP contribution in [-0.2, 0) is 14.3 Å². The summed E-state index contributed by atoms with van der Waals surface area (Å²) in [5.74, 6) is -0.506. The van der Waals surface area contributed by atoms with E-state index in [-0.39, 0.29) is 35.7 Å². The van der Waals surface area contributed by atoms with E-state index in [0.717, 1.165) is 11.3 Å². The number of ketones is 1. The van der Waals surface area contributed by atoms with Crippen LogP contribution in [0.2, 0.25) is 0 Å². The molecule has 6 heteroatoms. The summed E-state index contributed by atoms with van der Waals surface area (Å²) >= 11 is 0. The van der Waals surface area contributed by atoms with Crippen LogP contribution in [0.4, 0.5) is 0 Å². The van der Waals surface area contributed by atoms with Gasteiger partial charge in [0.25, 0.3) is 0 Å². The molecule has 2 aromatic rings. The molecule has 2 aliphatic rings. The standard InChI is InChI=1S/C28H31NO5/c1-16(2)15-34-28(32)25-17(3)29-21-12-20(18-8-6-5-7-9-18)13-23(31)27(21)26(25)19-10-11-22(30)24(14-19)33-4/h5-11,14,16,20,26,29-30H,12-13,15H2,1-4H3/t20-,26+/m0/s1. The highest BCUT2D eigenvalue weighted by atomic mass is 16.5. The number of phenolic OH excluding ortho intramolecular Hbond substituents is 1. The van der Waals surface area contributed by atoms with Gasteiger partial charge < -0.3 is 19.9 Å². The maximum atomic E-state index is 13.6. The van der Waals surface area contributed by atoms with Gasteiger partial charge in [-0.15, -0.1) is 0 Å². The molecule has 0 fully saturated rings. The van der Waals surface area contributed by atoms with Gasteiger partial charge in [-0.25, -0.2) is 4.79 Å². The van der Waals surface area contributed by atoms with Crippen molar-refractivity contribution in [2.45, 2.75) is 45.4 Å². The molecule has 0 saturated heterocycles. The Kier molecular flexibility index (Phi) is 6.77. The van der Waals surface area contributed by atoms with Crippen molar-refractivity contribution in [2.75, 3.05) is 13.7 Å². The van der Waals surface area contributed by atoms with E-state index >= 15 is 0 Å². The minimum Gasteiger partial charge on any atom is -0.504 e. The topological polar surface area (TPSA) is 84.9 Å². The average molecular weight is 462 g/mol. The Balaban J connectivity index is 1.80. The number of dihydropyridines is 1. The first-order valence-corrected chi connectivity index (χ1v) is 11.6. The second-order valence-corrected chi connectivity index (χ2v) is 9.35. The second kappa shape index (κ2) is 9.75. The van der Waals surface area contributed by atoms with Crippen LogP contribution < -0.4 is 10.1 Å². The fourth-order valence-corrected chi connectivity index (χ4v) is 4.80. The van der Waals surface area contributed by atoms with Gasteiger partial charge in [0, 0.05) is 29.3 Å². The largest absolute Gasteiger partial charge is 0.504 e. The van der Waals surface area contributed by atoms with Crippen molar-refractivity contribution in [3.05, 3.63) is 82.2 Å². The van der Waals surface area contributed by atoms with E-state index in [0.29, 0.717) is 35.2 Å². The Morgan fingerprint density at radius 2 is 1.85 bits per heavy atom. The van der Waals surface area contributed by atoms with Crippen LogP contribution in [0.5, 0.6) is 11.5 Å². The molecule has 0 spiro atoms. The molecular weight excluding hydrogens is 430 g/mol. The number of hydrogen-bond acceptors (Lipinski definition) is 6. The number of carbonyl (C=O) groups excluding carboxylic acids is 2. The van der Waals surface area contributed by atoms with E-state index in [9.17, 15) is 14.7 Å². The number of rotatable bonds is 6. The van der Waals surface area contributed by atoms with E-state index in [1.54, 1.807) is 12.1 Å². The Hall–Kier alpha value is -3.54. The SMILES string of the molecule is COc1cc([C@@H]2C(C(=O)OCC(C)C)=C(C)NC3=C2C(=O)C[C@@H](c2ccccc2)C3)ccc1O. The fourth-order valence-electron chi connectivity index (χ4n) is 4.80. The lowest BCUT2D eigenvalue weighted by Gasteiger charge is -2.37. The molecule has 1 heterocycles. The number of hydrogen-bond donors (Lipinski definition) is 2. The molecule has 6 nitrogen and oxygen atoms in total. The summed E-state index contributed by atoms with van der Waals surface area (Å²) in [6.07, 6.45) is 1.03. The zero-order valence-electron chi connectivity index (χ0n) is 20.1. The Morgan fingerprint density at radius 3 is 2.53 bits per heavy atom. The number of ether oxygens (including phenoxy) is 2. The van der Waals surface area contributed by atoms with Crippen LogP contribution in [-0.4, -0.2) is 30.6 Å². The lowest BCUT2D eigenvalue weighted by molar-refractivity contribution is -0.140. The normalized spacial score (nSPS) is 20.2. The molecule has 1 aliphatic carbocycles. The first kappa shape index (κ1) is 23.6. The zero-order valence-corrected chi connectivity index (χ0v) is 20.1. The molecule has 2 N–H and O–H groups in total. The van der Waals surface area contributed by atoms with Crippen molar-refractivity contribution in [2.24, 2.45) is 5.92 Å². The van der Waals surface area contributed by atoms with Gasteiger partial charge in [-0.2, -0.15) is 0 Å². The molecule has 34 heavy (non-hydrogen) atoms. The van der Waals surface area contributed by atoms with Gasteiger partial charge in [0.2, 0.25) is 0 Å². The molecule has 0 saturated carbocycles. The summed E-state index contributed by atoms with van der Waals surface area (Å²) in [5, 5.41) is 13.5. The summed E-state index contributed by atoms with van der Waals surface area (Å²) in [7, 11) is 1.47. The maximum Gasteiger partial charge on any atom is 0.336 e. The highest BCUT2D eigenvalue weighted by Crippen LogP contribution is 2.46. The average Bonchev–Trinajstić information content (AvgIpc) is 2.82. The van der Waals surface area contributed by atoms with Crippen molar-refractivity contribution in [1.82, 2.24) is 5.32 Å². The summed E-state index contributed by atoms with van der Waals surface area (Å²) < 4.78 is 10.9. The van der Waals surface area contributed by atoms with E-state index in [4.69, 9.17) is 9.47 Å². The number of Topliss-reactive ketones (excluding diaryl/α,β-unsaturated/α-hetero) is 1. The van der Waals surface area contributed by atoms with Crippen molar-refractivity contribution in [1.29, 1.82) is 0 Å². The predicted molar refractivity (Wildman–Crippen MR) is 129 cm³/mol. The molecule has 2 aromatic carbocycles. The lowest BCUT2D eigenvalue weighted by Crippen LogP contribution is -2.36. The van der Waals surface area contributed by atoms with Gasteiger partial charge in [0.05, 0.1) is 19.3 Å². The van der Waals surface area contributed by atoms with Crippen LogP contribution in [0, 0.1) is 5.92 Å². The van der Waals surface area contributed by atoms with Gasteiger partial charge in [-0.3, -0.25) is 4.79 Å². The summed E-state index contributed by atoms with van der Waals surface area (Å²) in [6.45, 7) is 6.09. The number of carbonyl (C=O) groups is 2. The van der Waals surface area contributed by atoms with E-state index in [2.05, 4.69) is 5.32 Å². The molecule has 178 valence electrons. The van der Waals surface area contributed by atoms with Gasteiger partial charge in [-0.05, 0) is 48.4 Å². The minimum atomic E-state index is -0.602. The quantitative estimate of drug-likeness (QED) is 0.592. The van der Waals surface area contributed by atoms with Gasteiger partial charge in [0.15, 0.2) is 17.3 Å². The van der Waals surface area contributed by atoms with Crippen molar-refractivity contribution >= 4 is 11.8 Å². The van der Waals surface area contributed by atoms with Crippen molar-refractivity contribution in [3.63, 3.8) is 0 Å². The Bertz CT molecular complexity index is 1160. The van der Waals surface area contributed by atoms with Gasteiger partial charge in [0.1, 0.15) is 0 Å². The second-order valence-electron chi connectivity index (χ2n) is 9.35. The summed E-state index contributed by atoms with van der Waals surface area (Å²) in [6, 6.07) is 15.0. The van der Waals surface area contributed by atoms with E-state index in [1.807, 2.05) is 51.1 Å². The number of esters is 1. The number of nitrogens with one attached hydrogen (secondary N) is 1. The molecule has 0 aromatic heterocycles. The smallest absolute Gasteiger partial charge is 0.336 e. The van der Waals surface area contributed by atoms with Crippen LogP contribution >= 0.6 is 0 Å². The van der Waals surface area contributed by atoms with E-state index < -0.39 is 11.9 Å². The van der Waals surface area contributed by atoms with Crippen LogP contribution in [0.3, 0.4) is 0 Å². The highest BCUT2D eigenvalue weighted by Gasteiger charge is 2.41. The highest BCUT2D eigenvalue weighted by molar-refractivity contribution is 6.04. The fraction of sp³-hybridized carbons (Fsp3) is 0.357. The molecule has 0 radical (unpaired) electrons. The molecule has 1 aliphatic heterocycles. The maximum absolute atomic E-state index is 13.6. The molecule has 0 bridgehead atoms. The lowest BCUT2D eigenvalue weighted by atomic mass is 9.71. The first-order chi connectivity index (χ1) is 16.3. The van der Waals surface area contributed by atoms with E-state index in [1.165, 1.54) is 13.2 Å². The third-order valence-corrected chi connectivity index (χ3v) is 6.40. The third-order valence-electron chi connectivity index (χ3n) is 6.40. The number of aromatic hydroxyl groups is 1. The minimum absolute atomic E-state index is 0.00121. The summed E-state index contributed by atoms with van der Waals surface area (Å²) in [4.78, 5) is 26.9. The number of benzene rings is 2. The predicted octanol–water partition coefficient (Wildman–Crippen LogP) is 4.96. The number of allylic oxidation sites excluding steroid dienone is 3. The van der Waals surface area contributed by atoms with Crippen LogP contribution in [0.25, 0.3) is 0 Å². The number of phenols is 1. The molecular formula is C28H31NO5. The molecule has 0 amide bonds. The number of methoxy groups -OCH3 is 1. The van der Waals surface area contributed by atoms with Crippen molar-refractivity contribution < 1.29 is 24.2 Å². The molecule has 4 rings (SSSR count). The third kappa shape index (κ3) is 4.58. The Labute approximate surface area is 200 Å². The van der Waals surface area contributed by atoms with Gasteiger partial charge >= 0.3 is 5.97 Å². The monoisotopic (exact) mass is 461 g/mol. The Morgan fingerprint density at radius 1 is 1.12 bits per heavy atom. The van der Waals surface area contributed by atoms with Gasteiger partial charge in [-0.1, -0.05) is 50.2 Å².